The Morgan fingerprint density at radius 3 is 2.59 bits per heavy atom. The summed E-state index contributed by atoms with van der Waals surface area (Å²) in [6, 6.07) is 3.67. The van der Waals surface area contributed by atoms with Crippen LogP contribution in [0, 0.1) is 0 Å². The zero-order valence-electron chi connectivity index (χ0n) is 12.3. The number of benzene rings is 1. The molecule has 0 N–H and O–H groups in total. The first-order chi connectivity index (χ1) is 10.4. The second-order valence-electron chi connectivity index (χ2n) is 5.24. The van der Waals surface area contributed by atoms with Crippen molar-refractivity contribution in [1.29, 1.82) is 0 Å². The number of thioether (sulfide) groups is 1. The van der Waals surface area contributed by atoms with E-state index in [0.29, 0.717) is 6.42 Å². The summed E-state index contributed by atoms with van der Waals surface area (Å²) in [5, 5.41) is 0.0570. The lowest BCUT2D eigenvalue weighted by molar-refractivity contribution is -0.140. The molecule has 1 aromatic carbocycles. The molecule has 1 atom stereocenters. The first-order valence-electron chi connectivity index (χ1n) is 7.18. The number of halogens is 4. The van der Waals surface area contributed by atoms with Crippen molar-refractivity contribution in [3.63, 3.8) is 0 Å². The van der Waals surface area contributed by atoms with Crippen LogP contribution in [0.25, 0.3) is 0 Å². The average molecular weight is 354 g/mol. The molecule has 2 rings (SSSR count). The SMILES string of the molecule is CSCCC(Oc1ccc(Cl)cc1C(F)(F)F)N1CCCC1. The molecule has 1 unspecified atom stereocenters. The molecule has 0 aromatic heterocycles. The highest BCUT2D eigenvalue weighted by molar-refractivity contribution is 7.98. The van der Waals surface area contributed by atoms with Crippen molar-refractivity contribution in [3.8, 4) is 5.75 Å². The lowest BCUT2D eigenvalue weighted by atomic mass is 10.2. The molecule has 1 fully saturated rings. The zero-order chi connectivity index (χ0) is 16.2. The molecular weight excluding hydrogens is 335 g/mol. The molecule has 124 valence electrons. The Morgan fingerprint density at radius 2 is 2.00 bits per heavy atom. The average Bonchev–Trinajstić information content (AvgIpc) is 2.98. The van der Waals surface area contributed by atoms with Gasteiger partial charge in [-0.1, -0.05) is 11.6 Å². The third kappa shape index (κ3) is 4.70. The quantitative estimate of drug-likeness (QED) is 0.720. The van der Waals surface area contributed by atoms with Crippen LogP contribution in [0.3, 0.4) is 0 Å². The number of likely N-dealkylation sites (tertiary alicyclic amines) is 1. The van der Waals surface area contributed by atoms with E-state index < -0.39 is 11.7 Å². The molecule has 0 saturated carbocycles. The molecule has 1 aromatic rings. The Bertz CT molecular complexity index is 492. The topological polar surface area (TPSA) is 12.5 Å². The van der Waals surface area contributed by atoms with Crippen LogP contribution in [-0.4, -0.2) is 36.2 Å². The lowest BCUT2D eigenvalue weighted by Gasteiger charge is -2.29. The Morgan fingerprint density at radius 1 is 1.32 bits per heavy atom. The van der Waals surface area contributed by atoms with Gasteiger partial charge in [0.2, 0.25) is 0 Å². The van der Waals surface area contributed by atoms with Crippen molar-refractivity contribution >= 4 is 23.4 Å². The summed E-state index contributed by atoms with van der Waals surface area (Å²) in [6.45, 7) is 1.74. The van der Waals surface area contributed by atoms with E-state index >= 15 is 0 Å². The van der Waals surface area contributed by atoms with Gasteiger partial charge in [0.15, 0.2) is 6.23 Å². The molecule has 0 radical (unpaired) electrons. The van der Waals surface area contributed by atoms with Gasteiger partial charge in [-0.2, -0.15) is 24.9 Å². The zero-order valence-corrected chi connectivity index (χ0v) is 13.9. The van der Waals surface area contributed by atoms with Crippen LogP contribution in [0.15, 0.2) is 18.2 Å². The molecule has 7 heteroatoms. The first-order valence-corrected chi connectivity index (χ1v) is 8.95. The second-order valence-corrected chi connectivity index (χ2v) is 6.66. The Kier molecular flexibility index (Phi) is 6.29. The fourth-order valence-corrected chi connectivity index (χ4v) is 3.15. The van der Waals surface area contributed by atoms with Gasteiger partial charge >= 0.3 is 6.18 Å². The third-order valence-corrected chi connectivity index (χ3v) is 4.51. The highest BCUT2D eigenvalue weighted by atomic mass is 35.5. The Hall–Kier alpha value is -0.590. The van der Waals surface area contributed by atoms with Gasteiger partial charge < -0.3 is 4.74 Å². The standard InChI is InChI=1S/C15H19ClF3NOS/c1-22-9-6-14(20-7-2-3-8-20)21-13-5-4-11(16)10-12(13)15(17,18)19/h4-5,10,14H,2-3,6-9H2,1H3. The third-order valence-electron chi connectivity index (χ3n) is 3.63. The number of hydrogen-bond acceptors (Lipinski definition) is 3. The van der Waals surface area contributed by atoms with Gasteiger partial charge in [-0.05, 0) is 43.0 Å². The molecule has 1 heterocycles. The van der Waals surface area contributed by atoms with Gasteiger partial charge in [0.1, 0.15) is 5.75 Å². The summed E-state index contributed by atoms with van der Waals surface area (Å²) in [4.78, 5) is 2.12. The van der Waals surface area contributed by atoms with E-state index in [1.54, 1.807) is 11.8 Å². The van der Waals surface area contributed by atoms with Crippen LogP contribution in [-0.2, 0) is 6.18 Å². The van der Waals surface area contributed by atoms with E-state index in [-0.39, 0.29) is 17.0 Å². The van der Waals surface area contributed by atoms with E-state index in [1.807, 2.05) is 6.26 Å². The van der Waals surface area contributed by atoms with Crippen LogP contribution in [0.1, 0.15) is 24.8 Å². The van der Waals surface area contributed by atoms with Crippen molar-refractivity contribution < 1.29 is 17.9 Å². The molecule has 0 spiro atoms. The normalized spacial score (nSPS) is 17.7. The van der Waals surface area contributed by atoms with Gasteiger partial charge in [0.25, 0.3) is 0 Å². The number of rotatable bonds is 6. The summed E-state index contributed by atoms with van der Waals surface area (Å²) in [7, 11) is 0. The minimum absolute atomic E-state index is 0.0570. The fourth-order valence-electron chi connectivity index (χ4n) is 2.54. The van der Waals surface area contributed by atoms with Crippen LogP contribution in [0.4, 0.5) is 13.2 Å². The van der Waals surface area contributed by atoms with Crippen molar-refractivity contribution in [1.82, 2.24) is 4.90 Å². The lowest BCUT2D eigenvalue weighted by Crippen LogP contribution is -2.38. The van der Waals surface area contributed by atoms with Crippen LogP contribution >= 0.6 is 23.4 Å². The van der Waals surface area contributed by atoms with E-state index in [1.165, 1.54) is 12.1 Å². The predicted octanol–water partition coefficient (Wildman–Crippen LogP) is 4.91. The van der Waals surface area contributed by atoms with Crippen LogP contribution in [0.2, 0.25) is 5.02 Å². The molecule has 2 nitrogen and oxygen atoms in total. The molecule has 0 bridgehead atoms. The highest BCUT2D eigenvalue weighted by Gasteiger charge is 2.36. The van der Waals surface area contributed by atoms with E-state index in [0.717, 1.165) is 37.8 Å². The summed E-state index contributed by atoms with van der Waals surface area (Å²) in [5.74, 6) is 0.700. The van der Waals surface area contributed by atoms with Gasteiger partial charge in [0.05, 0.1) is 5.56 Å². The molecule has 0 amide bonds. The maximum absolute atomic E-state index is 13.2. The van der Waals surface area contributed by atoms with Gasteiger partial charge in [-0.15, -0.1) is 0 Å². The van der Waals surface area contributed by atoms with Gasteiger partial charge in [0, 0.05) is 24.5 Å². The summed E-state index contributed by atoms with van der Waals surface area (Å²) >= 11 is 7.36. The molecular formula is C15H19ClF3NOS. The van der Waals surface area contributed by atoms with E-state index in [4.69, 9.17) is 16.3 Å². The van der Waals surface area contributed by atoms with Gasteiger partial charge in [-0.25, -0.2) is 0 Å². The molecule has 22 heavy (non-hydrogen) atoms. The van der Waals surface area contributed by atoms with E-state index in [2.05, 4.69) is 4.90 Å². The smallest absolute Gasteiger partial charge is 0.420 e. The molecule has 1 aliphatic rings. The predicted molar refractivity (Wildman–Crippen MR) is 84.7 cm³/mol. The summed E-state index contributed by atoms with van der Waals surface area (Å²) < 4.78 is 45.2. The van der Waals surface area contributed by atoms with Gasteiger partial charge in [-0.3, -0.25) is 4.90 Å². The first kappa shape index (κ1) is 17.8. The Balaban J connectivity index is 2.21. The molecule has 1 saturated heterocycles. The fraction of sp³-hybridized carbons (Fsp3) is 0.600. The monoisotopic (exact) mass is 353 g/mol. The molecule has 0 aliphatic carbocycles. The van der Waals surface area contributed by atoms with Crippen molar-refractivity contribution in [2.75, 3.05) is 25.1 Å². The minimum Gasteiger partial charge on any atom is -0.474 e. The number of hydrogen-bond donors (Lipinski definition) is 0. The second kappa shape index (κ2) is 7.79. The largest absolute Gasteiger partial charge is 0.474 e. The van der Waals surface area contributed by atoms with Crippen molar-refractivity contribution in [3.05, 3.63) is 28.8 Å². The summed E-state index contributed by atoms with van der Waals surface area (Å²) in [5.41, 5.74) is -0.812. The summed E-state index contributed by atoms with van der Waals surface area (Å²) in [6.07, 6.45) is -0.00395. The van der Waals surface area contributed by atoms with Crippen LogP contribution in [0.5, 0.6) is 5.75 Å². The maximum Gasteiger partial charge on any atom is 0.420 e. The Labute approximate surface area is 138 Å². The molecule has 1 aliphatic heterocycles. The number of alkyl halides is 3. The van der Waals surface area contributed by atoms with Crippen molar-refractivity contribution in [2.24, 2.45) is 0 Å². The minimum atomic E-state index is -4.48. The highest BCUT2D eigenvalue weighted by Crippen LogP contribution is 2.38. The number of nitrogens with zero attached hydrogens (tertiary/aromatic N) is 1. The van der Waals surface area contributed by atoms with Crippen molar-refractivity contribution in [2.45, 2.75) is 31.7 Å². The maximum atomic E-state index is 13.2. The van der Waals surface area contributed by atoms with Crippen LogP contribution < -0.4 is 4.74 Å². The van der Waals surface area contributed by atoms with E-state index in [9.17, 15) is 13.2 Å². The number of ether oxygens (including phenoxy) is 1.